The molecule has 6 heteroatoms. The minimum absolute atomic E-state index is 0.0395. The number of hydrogen-bond donors (Lipinski definition) is 1. The fourth-order valence-electron chi connectivity index (χ4n) is 3.41. The fourth-order valence-corrected chi connectivity index (χ4v) is 3.41. The van der Waals surface area contributed by atoms with Gasteiger partial charge in [0, 0.05) is 5.70 Å². The number of esters is 1. The summed E-state index contributed by atoms with van der Waals surface area (Å²) < 4.78 is 4.91. The molecule has 2 aromatic rings. The number of methoxy groups -OCH3 is 1. The lowest BCUT2D eigenvalue weighted by atomic mass is 9.82. The van der Waals surface area contributed by atoms with Crippen LogP contribution in [-0.2, 0) is 9.53 Å². The molecule has 1 aliphatic rings. The molecule has 0 fully saturated rings. The third-order valence-corrected chi connectivity index (χ3v) is 4.46. The molecule has 1 aliphatic heterocycles. The van der Waals surface area contributed by atoms with Gasteiger partial charge >= 0.3 is 5.97 Å². The zero-order valence-electron chi connectivity index (χ0n) is 14.2. The molecule has 1 N–H and O–H groups in total. The highest BCUT2D eigenvalue weighted by atomic mass is 16.6. The summed E-state index contributed by atoms with van der Waals surface area (Å²) in [4.78, 5) is 23.8. The van der Waals surface area contributed by atoms with Crippen LogP contribution in [0.3, 0.4) is 0 Å². The third kappa shape index (κ3) is 2.76. The normalized spacial score (nSPS) is 17.5. The Morgan fingerprint density at radius 2 is 1.80 bits per heavy atom. The van der Waals surface area contributed by atoms with E-state index in [9.17, 15) is 14.9 Å². The molecule has 6 nitrogen and oxygen atoms in total. The van der Waals surface area contributed by atoms with E-state index in [0.717, 1.165) is 10.8 Å². The van der Waals surface area contributed by atoms with Crippen LogP contribution in [0.25, 0.3) is 10.8 Å². The van der Waals surface area contributed by atoms with E-state index < -0.39 is 16.8 Å². The number of benzene rings is 2. The number of carbonyl (C=O) groups is 1. The summed E-state index contributed by atoms with van der Waals surface area (Å²) in [6.45, 7) is 3.37. The molecule has 0 aliphatic carbocycles. The molecule has 0 saturated heterocycles. The molecular formula is C19H18N2O4. The molecule has 0 saturated carbocycles. The number of hydrogen-bond acceptors (Lipinski definition) is 5. The Labute approximate surface area is 144 Å². The SMILES string of the molecule is COC(=O)C1=C(C)NC(C)=C([N+](=O)[O-])C1c1cccc2ccccc12. The molecule has 1 unspecified atom stereocenters. The number of fused-ring (bicyclic) bond motifs is 1. The lowest BCUT2D eigenvalue weighted by Gasteiger charge is -2.27. The van der Waals surface area contributed by atoms with Gasteiger partial charge in [0.15, 0.2) is 0 Å². The van der Waals surface area contributed by atoms with E-state index in [2.05, 4.69) is 5.32 Å². The van der Waals surface area contributed by atoms with Crippen LogP contribution in [0.2, 0.25) is 0 Å². The van der Waals surface area contributed by atoms with Gasteiger partial charge in [-0.2, -0.15) is 0 Å². The summed E-state index contributed by atoms with van der Waals surface area (Å²) in [5.74, 6) is -1.37. The van der Waals surface area contributed by atoms with E-state index in [1.807, 2.05) is 42.5 Å². The summed E-state index contributed by atoms with van der Waals surface area (Å²) in [6, 6.07) is 13.2. The van der Waals surface area contributed by atoms with Gasteiger partial charge in [-0.25, -0.2) is 4.79 Å². The van der Waals surface area contributed by atoms with Crippen LogP contribution in [0, 0.1) is 10.1 Å². The summed E-state index contributed by atoms with van der Waals surface area (Å²) in [5.41, 5.74) is 1.92. The first-order chi connectivity index (χ1) is 12.0. The number of nitrogens with zero attached hydrogens (tertiary/aromatic N) is 1. The molecule has 0 radical (unpaired) electrons. The summed E-state index contributed by atoms with van der Waals surface area (Å²) in [7, 11) is 1.28. The average Bonchev–Trinajstić information content (AvgIpc) is 2.59. The molecule has 2 aromatic carbocycles. The lowest BCUT2D eigenvalue weighted by Crippen LogP contribution is -2.31. The summed E-state index contributed by atoms with van der Waals surface area (Å²) in [6.07, 6.45) is 0. The minimum atomic E-state index is -0.796. The molecule has 25 heavy (non-hydrogen) atoms. The first-order valence-corrected chi connectivity index (χ1v) is 7.84. The third-order valence-electron chi connectivity index (χ3n) is 4.46. The molecule has 0 spiro atoms. The van der Waals surface area contributed by atoms with Crippen LogP contribution in [0.4, 0.5) is 0 Å². The monoisotopic (exact) mass is 338 g/mol. The number of allylic oxidation sites excluding steroid dienone is 3. The Hall–Kier alpha value is -3.15. The maximum absolute atomic E-state index is 12.4. The molecule has 1 heterocycles. The number of nitro groups is 1. The van der Waals surface area contributed by atoms with Gasteiger partial charge in [0.1, 0.15) is 5.92 Å². The van der Waals surface area contributed by atoms with Gasteiger partial charge in [0.25, 0.3) is 5.70 Å². The van der Waals surface area contributed by atoms with Gasteiger partial charge in [-0.1, -0.05) is 42.5 Å². The lowest BCUT2D eigenvalue weighted by molar-refractivity contribution is -0.431. The number of dihydropyridines is 1. The standard InChI is InChI=1S/C19H18N2O4/c1-11-16(19(22)25-3)17(18(21(23)24)12(2)20-11)15-10-6-8-13-7-4-5-9-14(13)15/h4-10,17,20H,1-3H3. The van der Waals surface area contributed by atoms with Gasteiger partial charge in [0.05, 0.1) is 23.3 Å². The average molecular weight is 338 g/mol. The number of nitrogens with one attached hydrogen (secondary N) is 1. The highest BCUT2D eigenvalue weighted by Crippen LogP contribution is 2.41. The van der Waals surface area contributed by atoms with Crippen LogP contribution in [0.1, 0.15) is 25.3 Å². The van der Waals surface area contributed by atoms with Crippen LogP contribution >= 0.6 is 0 Å². The summed E-state index contributed by atoms with van der Waals surface area (Å²) in [5, 5.41) is 16.6. The fraction of sp³-hybridized carbons (Fsp3) is 0.211. The van der Waals surface area contributed by atoms with Crippen molar-refractivity contribution in [2.24, 2.45) is 0 Å². The minimum Gasteiger partial charge on any atom is -0.466 e. The van der Waals surface area contributed by atoms with E-state index >= 15 is 0 Å². The Balaban J connectivity index is 2.34. The number of ether oxygens (including phenoxy) is 1. The second kappa shape index (κ2) is 6.39. The second-order valence-corrected chi connectivity index (χ2v) is 5.92. The smallest absolute Gasteiger partial charge is 0.336 e. The maximum atomic E-state index is 12.4. The molecule has 1 atom stereocenters. The van der Waals surface area contributed by atoms with Crippen molar-refractivity contribution in [3.63, 3.8) is 0 Å². The Bertz CT molecular complexity index is 938. The molecular weight excluding hydrogens is 320 g/mol. The van der Waals surface area contributed by atoms with Crippen molar-refractivity contribution in [1.82, 2.24) is 5.32 Å². The molecule has 0 aromatic heterocycles. The first-order valence-electron chi connectivity index (χ1n) is 7.84. The van der Waals surface area contributed by atoms with Crippen molar-refractivity contribution in [1.29, 1.82) is 0 Å². The molecule has 128 valence electrons. The van der Waals surface area contributed by atoms with E-state index in [1.54, 1.807) is 13.8 Å². The first kappa shape index (κ1) is 16.7. The van der Waals surface area contributed by atoms with Crippen molar-refractivity contribution >= 4 is 16.7 Å². The van der Waals surface area contributed by atoms with Gasteiger partial charge in [-0.15, -0.1) is 0 Å². The molecule has 0 bridgehead atoms. The summed E-state index contributed by atoms with van der Waals surface area (Å²) >= 11 is 0. The van der Waals surface area contributed by atoms with E-state index in [4.69, 9.17) is 4.74 Å². The van der Waals surface area contributed by atoms with E-state index in [-0.39, 0.29) is 11.3 Å². The van der Waals surface area contributed by atoms with Crippen LogP contribution < -0.4 is 5.32 Å². The Kier molecular flexibility index (Phi) is 4.27. The predicted molar refractivity (Wildman–Crippen MR) is 94.2 cm³/mol. The maximum Gasteiger partial charge on any atom is 0.336 e. The van der Waals surface area contributed by atoms with Crippen molar-refractivity contribution in [3.05, 3.63) is 80.8 Å². The zero-order chi connectivity index (χ0) is 18.1. The van der Waals surface area contributed by atoms with Crippen LogP contribution in [-0.4, -0.2) is 18.0 Å². The van der Waals surface area contributed by atoms with Crippen molar-refractivity contribution < 1.29 is 14.5 Å². The molecule has 0 amide bonds. The topological polar surface area (TPSA) is 81.5 Å². The Morgan fingerprint density at radius 1 is 1.12 bits per heavy atom. The molecule has 3 rings (SSSR count). The number of carbonyl (C=O) groups excluding carboxylic acids is 1. The van der Waals surface area contributed by atoms with Crippen LogP contribution in [0.15, 0.2) is 65.1 Å². The van der Waals surface area contributed by atoms with Gasteiger partial charge < -0.3 is 10.1 Å². The predicted octanol–water partition coefficient (Wildman–Crippen LogP) is 3.48. The Morgan fingerprint density at radius 3 is 2.48 bits per heavy atom. The van der Waals surface area contributed by atoms with Crippen molar-refractivity contribution in [2.75, 3.05) is 7.11 Å². The van der Waals surface area contributed by atoms with E-state index in [0.29, 0.717) is 17.0 Å². The zero-order valence-corrected chi connectivity index (χ0v) is 14.2. The van der Waals surface area contributed by atoms with Crippen molar-refractivity contribution in [2.45, 2.75) is 19.8 Å². The highest BCUT2D eigenvalue weighted by Gasteiger charge is 2.41. The van der Waals surface area contributed by atoms with E-state index in [1.165, 1.54) is 7.11 Å². The highest BCUT2D eigenvalue weighted by molar-refractivity contribution is 5.95. The van der Waals surface area contributed by atoms with Gasteiger partial charge in [0.2, 0.25) is 0 Å². The van der Waals surface area contributed by atoms with Crippen molar-refractivity contribution in [3.8, 4) is 0 Å². The number of rotatable bonds is 3. The second-order valence-electron chi connectivity index (χ2n) is 5.92. The van der Waals surface area contributed by atoms with Crippen LogP contribution in [0.5, 0.6) is 0 Å². The van der Waals surface area contributed by atoms with Gasteiger partial charge in [-0.3, -0.25) is 10.1 Å². The largest absolute Gasteiger partial charge is 0.466 e. The van der Waals surface area contributed by atoms with Gasteiger partial charge in [-0.05, 0) is 30.2 Å². The quantitative estimate of drug-likeness (QED) is 0.526.